The molecule has 1 aromatic rings. The Morgan fingerprint density at radius 3 is 2.75 bits per heavy atom. The molecule has 110 valence electrons. The largest absolute Gasteiger partial charge is 0.389 e. The summed E-state index contributed by atoms with van der Waals surface area (Å²) in [6.45, 7) is 1.51. The quantitative estimate of drug-likeness (QED) is 0.846. The summed E-state index contributed by atoms with van der Waals surface area (Å²) >= 11 is 4.80. The van der Waals surface area contributed by atoms with E-state index in [1.807, 2.05) is 4.90 Å². The average molecular weight is 316 g/mol. The van der Waals surface area contributed by atoms with Gasteiger partial charge in [-0.1, -0.05) is 24.4 Å². The highest BCUT2D eigenvalue weighted by molar-refractivity contribution is 7.91. The van der Waals surface area contributed by atoms with Crippen LogP contribution in [-0.4, -0.2) is 42.9 Å². The normalized spacial score (nSPS) is 19.4. The summed E-state index contributed by atoms with van der Waals surface area (Å²) in [6.07, 6.45) is 0.592. The fourth-order valence-electron chi connectivity index (χ4n) is 2.22. The van der Waals surface area contributed by atoms with E-state index in [-0.39, 0.29) is 22.3 Å². The van der Waals surface area contributed by atoms with Gasteiger partial charge in [-0.3, -0.25) is 4.90 Å². The molecule has 20 heavy (non-hydrogen) atoms. The van der Waals surface area contributed by atoms with Crippen LogP contribution in [0.4, 0.5) is 4.39 Å². The van der Waals surface area contributed by atoms with Gasteiger partial charge in [-0.25, -0.2) is 12.8 Å². The fraction of sp³-hybridized carbons (Fsp3) is 0.462. The van der Waals surface area contributed by atoms with Gasteiger partial charge in [0.15, 0.2) is 9.84 Å². The van der Waals surface area contributed by atoms with E-state index >= 15 is 0 Å². The molecular formula is C13H17FN2O2S2. The van der Waals surface area contributed by atoms with Crippen molar-refractivity contribution in [3.8, 4) is 0 Å². The van der Waals surface area contributed by atoms with E-state index in [4.69, 9.17) is 18.0 Å². The molecule has 0 bridgehead atoms. The van der Waals surface area contributed by atoms with Crippen molar-refractivity contribution in [3.05, 3.63) is 35.1 Å². The molecule has 0 spiro atoms. The zero-order valence-corrected chi connectivity index (χ0v) is 12.6. The smallest absolute Gasteiger partial charge is 0.151 e. The Balaban J connectivity index is 2.08. The van der Waals surface area contributed by atoms with Crippen LogP contribution < -0.4 is 5.73 Å². The molecular weight excluding hydrogens is 299 g/mol. The number of hydrogen-bond donors (Lipinski definition) is 1. The molecule has 0 saturated carbocycles. The maximum absolute atomic E-state index is 14.0. The minimum atomic E-state index is -2.94. The van der Waals surface area contributed by atoms with E-state index in [2.05, 4.69) is 0 Å². The highest BCUT2D eigenvalue weighted by Gasteiger charge is 2.20. The highest BCUT2D eigenvalue weighted by Crippen LogP contribution is 2.15. The van der Waals surface area contributed by atoms with Crippen LogP contribution in [0.25, 0.3) is 0 Å². The Kier molecular flexibility index (Phi) is 4.72. The standard InChI is InChI=1S/C13H17FN2O2S2/c14-12-8-10(13(15)19)2-3-11(12)9-16-4-1-6-20(17,18)7-5-16/h2-3,8H,1,4-7,9H2,(H2,15,19). The van der Waals surface area contributed by atoms with Crippen LogP contribution in [0, 0.1) is 5.82 Å². The maximum atomic E-state index is 14.0. The van der Waals surface area contributed by atoms with Crippen molar-refractivity contribution in [1.29, 1.82) is 0 Å². The Labute approximate surface area is 123 Å². The van der Waals surface area contributed by atoms with Crippen LogP contribution in [0.15, 0.2) is 18.2 Å². The average Bonchev–Trinajstić information content (AvgIpc) is 2.53. The summed E-state index contributed by atoms with van der Waals surface area (Å²) in [5.41, 5.74) is 6.49. The number of sulfone groups is 1. The first kappa shape index (κ1) is 15.3. The van der Waals surface area contributed by atoms with E-state index in [1.165, 1.54) is 6.07 Å². The Bertz CT molecular complexity index is 617. The molecule has 0 amide bonds. The molecule has 4 nitrogen and oxygen atoms in total. The summed E-state index contributed by atoms with van der Waals surface area (Å²) in [5, 5.41) is 0. The molecule has 0 radical (unpaired) electrons. The number of rotatable bonds is 3. The molecule has 2 rings (SSSR count). The van der Waals surface area contributed by atoms with Gasteiger partial charge in [-0.05, 0) is 19.0 Å². The molecule has 0 aliphatic carbocycles. The topological polar surface area (TPSA) is 63.4 Å². The zero-order chi connectivity index (χ0) is 14.8. The second-order valence-corrected chi connectivity index (χ2v) is 7.70. The number of nitrogens with zero attached hydrogens (tertiary/aromatic N) is 1. The van der Waals surface area contributed by atoms with Crippen molar-refractivity contribution in [1.82, 2.24) is 4.90 Å². The van der Waals surface area contributed by atoms with Gasteiger partial charge in [-0.2, -0.15) is 0 Å². The predicted octanol–water partition coefficient (Wildman–Crippen LogP) is 1.08. The van der Waals surface area contributed by atoms with Crippen molar-refractivity contribution in [2.75, 3.05) is 24.6 Å². The third-order valence-electron chi connectivity index (χ3n) is 3.38. The Morgan fingerprint density at radius 1 is 1.35 bits per heavy atom. The van der Waals surface area contributed by atoms with E-state index in [1.54, 1.807) is 12.1 Å². The molecule has 0 unspecified atom stereocenters. The maximum Gasteiger partial charge on any atom is 0.151 e. The number of thiocarbonyl (C=S) groups is 1. The van der Waals surface area contributed by atoms with Crippen LogP contribution in [0.1, 0.15) is 17.5 Å². The number of benzene rings is 1. The van der Waals surface area contributed by atoms with Crippen molar-refractivity contribution in [2.45, 2.75) is 13.0 Å². The molecule has 1 aliphatic rings. The first-order valence-electron chi connectivity index (χ1n) is 6.38. The van der Waals surface area contributed by atoms with Gasteiger partial charge in [0.25, 0.3) is 0 Å². The van der Waals surface area contributed by atoms with E-state index in [0.29, 0.717) is 37.2 Å². The second kappa shape index (κ2) is 6.15. The van der Waals surface area contributed by atoms with Gasteiger partial charge in [0, 0.05) is 24.2 Å². The summed E-state index contributed by atoms with van der Waals surface area (Å²) in [5.74, 6) is -0.00576. The monoisotopic (exact) mass is 316 g/mol. The van der Waals surface area contributed by atoms with Gasteiger partial charge >= 0.3 is 0 Å². The SMILES string of the molecule is NC(=S)c1ccc(CN2CCCS(=O)(=O)CC2)c(F)c1. The lowest BCUT2D eigenvalue weighted by atomic mass is 10.1. The molecule has 1 aliphatic heterocycles. The van der Waals surface area contributed by atoms with E-state index in [9.17, 15) is 12.8 Å². The molecule has 1 saturated heterocycles. The first-order valence-corrected chi connectivity index (χ1v) is 8.61. The lowest BCUT2D eigenvalue weighted by Gasteiger charge is -2.19. The molecule has 0 aromatic heterocycles. The van der Waals surface area contributed by atoms with Gasteiger partial charge in [0.2, 0.25) is 0 Å². The summed E-state index contributed by atoms with van der Waals surface area (Å²) in [6, 6.07) is 4.67. The molecule has 1 aromatic carbocycles. The number of nitrogens with two attached hydrogens (primary N) is 1. The number of halogens is 1. The van der Waals surface area contributed by atoms with E-state index in [0.717, 1.165) is 0 Å². The summed E-state index contributed by atoms with van der Waals surface area (Å²) < 4.78 is 37.0. The molecule has 1 heterocycles. The molecule has 2 N–H and O–H groups in total. The molecule has 1 fully saturated rings. The van der Waals surface area contributed by atoms with Crippen LogP contribution in [0.3, 0.4) is 0 Å². The van der Waals surface area contributed by atoms with Crippen molar-refractivity contribution < 1.29 is 12.8 Å². The predicted molar refractivity (Wildman–Crippen MR) is 80.8 cm³/mol. The second-order valence-electron chi connectivity index (χ2n) is 4.95. The lowest BCUT2D eigenvalue weighted by molar-refractivity contribution is 0.283. The molecule has 7 heteroatoms. The van der Waals surface area contributed by atoms with Crippen molar-refractivity contribution in [2.24, 2.45) is 5.73 Å². The number of hydrogen-bond acceptors (Lipinski definition) is 4. The fourth-order valence-corrected chi connectivity index (χ4v) is 3.65. The van der Waals surface area contributed by atoms with Gasteiger partial charge in [-0.15, -0.1) is 0 Å². The van der Waals surface area contributed by atoms with Gasteiger partial charge < -0.3 is 5.73 Å². The van der Waals surface area contributed by atoms with Crippen LogP contribution >= 0.6 is 12.2 Å². The minimum Gasteiger partial charge on any atom is -0.389 e. The van der Waals surface area contributed by atoms with Crippen molar-refractivity contribution >= 4 is 27.0 Å². The zero-order valence-electron chi connectivity index (χ0n) is 11.0. The van der Waals surface area contributed by atoms with Crippen LogP contribution in [0.5, 0.6) is 0 Å². The summed E-state index contributed by atoms with van der Waals surface area (Å²) in [7, 11) is -2.94. The molecule has 0 atom stereocenters. The third kappa shape index (κ3) is 3.97. The van der Waals surface area contributed by atoms with Gasteiger partial charge in [0.05, 0.1) is 11.5 Å². The third-order valence-corrected chi connectivity index (χ3v) is 5.33. The van der Waals surface area contributed by atoms with Crippen LogP contribution in [-0.2, 0) is 16.4 Å². The summed E-state index contributed by atoms with van der Waals surface area (Å²) in [4.78, 5) is 2.12. The Morgan fingerprint density at radius 2 is 2.10 bits per heavy atom. The first-order chi connectivity index (χ1) is 9.37. The van der Waals surface area contributed by atoms with E-state index < -0.39 is 9.84 Å². The highest BCUT2D eigenvalue weighted by atomic mass is 32.2. The lowest BCUT2D eigenvalue weighted by Crippen LogP contribution is -2.27. The van der Waals surface area contributed by atoms with Gasteiger partial charge in [0.1, 0.15) is 10.8 Å². The minimum absolute atomic E-state index is 0.138. The van der Waals surface area contributed by atoms with Crippen molar-refractivity contribution in [3.63, 3.8) is 0 Å². The van der Waals surface area contributed by atoms with Crippen LogP contribution in [0.2, 0.25) is 0 Å². The Hall–Kier alpha value is -1.05.